The molecule has 0 bridgehead atoms. The third-order valence-corrected chi connectivity index (χ3v) is 6.31. The SMILES string of the molecule is CC(C)(C)c1ccc(/C=N/N=C2\S/C(=C\c3ccc([N+](=O)[O-])cc3)C(=O)N2Cc2ccco2)cc1. The van der Waals surface area contributed by atoms with Gasteiger partial charge in [-0.05, 0) is 64.2 Å². The first-order chi connectivity index (χ1) is 16.7. The maximum Gasteiger partial charge on any atom is 0.269 e. The van der Waals surface area contributed by atoms with Crippen molar-refractivity contribution in [2.24, 2.45) is 10.2 Å². The average molecular weight is 489 g/mol. The van der Waals surface area contributed by atoms with Crippen molar-refractivity contribution in [3.63, 3.8) is 0 Å². The highest BCUT2D eigenvalue weighted by atomic mass is 32.2. The molecule has 9 heteroatoms. The normalized spacial score (nSPS) is 16.7. The van der Waals surface area contributed by atoms with Gasteiger partial charge in [0.25, 0.3) is 11.6 Å². The van der Waals surface area contributed by atoms with Gasteiger partial charge in [-0.25, -0.2) is 0 Å². The topological polar surface area (TPSA) is 101 Å². The van der Waals surface area contributed by atoms with Gasteiger partial charge >= 0.3 is 0 Å². The molecule has 1 aliphatic heterocycles. The number of nitrogens with zero attached hydrogens (tertiary/aromatic N) is 4. The molecular weight excluding hydrogens is 464 g/mol. The fraction of sp³-hybridized carbons (Fsp3) is 0.192. The van der Waals surface area contributed by atoms with Crippen LogP contribution in [-0.2, 0) is 16.8 Å². The number of benzene rings is 2. The Labute approximate surface area is 207 Å². The smallest absolute Gasteiger partial charge is 0.269 e. The van der Waals surface area contributed by atoms with Gasteiger partial charge < -0.3 is 4.42 Å². The summed E-state index contributed by atoms with van der Waals surface area (Å²) in [4.78, 5) is 25.5. The van der Waals surface area contributed by atoms with Crippen LogP contribution in [0.2, 0.25) is 0 Å². The van der Waals surface area contributed by atoms with E-state index in [1.165, 1.54) is 34.4 Å². The van der Waals surface area contributed by atoms with E-state index in [0.717, 1.165) is 5.56 Å². The van der Waals surface area contributed by atoms with Gasteiger partial charge in [-0.3, -0.25) is 19.8 Å². The number of amides is 1. The Bertz CT molecular complexity index is 1300. The summed E-state index contributed by atoms with van der Waals surface area (Å²) in [7, 11) is 0. The predicted molar refractivity (Wildman–Crippen MR) is 138 cm³/mol. The van der Waals surface area contributed by atoms with E-state index >= 15 is 0 Å². The monoisotopic (exact) mass is 488 g/mol. The van der Waals surface area contributed by atoms with Crippen molar-refractivity contribution >= 4 is 40.8 Å². The van der Waals surface area contributed by atoms with Crippen LogP contribution in [0.4, 0.5) is 5.69 Å². The number of carbonyl (C=O) groups is 1. The molecule has 0 atom stereocenters. The number of non-ortho nitro benzene ring substituents is 1. The molecule has 178 valence electrons. The summed E-state index contributed by atoms with van der Waals surface area (Å²) < 4.78 is 5.41. The van der Waals surface area contributed by atoms with Crippen molar-refractivity contribution in [1.82, 2.24) is 4.90 Å². The van der Waals surface area contributed by atoms with Crippen molar-refractivity contribution in [2.45, 2.75) is 32.7 Å². The number of furan rings is 1. The molecule has 0 aliphatic carbocycles. The molecule has 35 heavy (non-hydrogen) atoms. The fourth-order valence-electron chi connectivity index (χ4n) is 3.34. The van der Waals surface area contributed by atoms with E-state index < -0.39 is 4.92 Å². The number of amidine groups is 1. The molecule has 0 spiro atoms. The molecular formula is C26H24N4O4S. The first kappa shape index (κ1) is 24.2. The lowest BCUT2D eigenvalue weighted by atomic mass is 9.87. The van der Waals surface area contributed by atoms with Crippen LogP contribution in [0.25, 0.3) is 6.08 Å². The number of rotatable bonds is 6. The van der Waals surface area contributed by atoms with Crippen molar-refractivity contribution in [3.8, 4) is 0 Å². The highest BCUT2D eigenvalue weighted by molar-refractivity contribution is 8.18. The highest BCUT2D eigenvalue weighted by Gasteiger charge is 2.34. The van der Waals surface area contributed by atoms with Crippen LogP contribution in [-0.4, -0.2) is 27.1 Å². The third kappa shape index (κ3) is 5.93. The lowest BCUT2D eigenvalue weighted by molar-refractivity contribution is -0.384. The van der Waals surface area contributed by atoms with Gasteiger partial charge in [0, 0.05) is 12.1 Å². The molecule has 1 saturated heterocycles. The molecule has 3 aromatic rings. The number of hydrogen-bond donors (Lipinski definition) is 0. The number of nitro groups is 1. The number of hydrogen-bond acceptors (Lipinski definition) is 7. The number of carbonyl (C=O) groups excluding carboxylic acids is 1. The minimum Gasteiger partial charge on any atom is -0.467 e. The van der Waals surface area contributed by atoms with Crippen LogP contribution in [0.5, 0.6) is 0 Å². The molecule has 1 fully saturated rings. The Morgan fingerprint density at radius 3 is 2.34 bits per heavy atom. The van der Waals surface area contributed by atoms with Crippen molar-refractivity contribution in [1.29, 1.82) is 0 Å². The van der Waals surface area contributed by atoms with E-state index in [0.29, 0.717) is 21.4 Å². The van der Waals surface area contributed by atoms with E-state index in [9.17, 15) is 14.9 Å². The van der Waals surface area contributed by atoms with Gasteiger partial charge in [0.05, 0.1) is 28.9 Å². The van der Waals surface area contributed by atoms with Crippen LogP contribution in [0.3, 0.4) is 0 Å². The minimum atomic E-state index is -0.461. The third-order valence-electron chi connectivity index (χ3n) is 5.31. The summed E-state index contributed by atoms with van der Waals surface area (Å²) in [5, 5.41) is 19.8. The summed E-state index contributed by atoms with van der Waals surface area (Å²) in [5.41, 5.74) is 2.85. The Morgan fingerprint density at radius 2 is 1.74 bits per heavy atom. The van der Waals surface area contributed by atoms with Crippen LogP contribution in [0.15, 0.2) is 86.5 Å². The molecule has 0 unspecified atom stereocenters. The van der Waals surface area contributed by atoms with Crippen molar-refractivity contribution in [2.75, 3.05) is 0 Å². The Morgan fingerprint density at radius 1 is 1.06 bits per heavy atom. The zero-order chi connectivity index (χ0) is 25.0. The highest BCUT2D eigenvalue weighted by Crippen LogP contribution is 2.34. The standard InChI is InChI=1S/C26H24N4O4S/c1-26(2,3)20-10-6-19(7-11-20)16-27-28-25-29(17-22-5-4-14-34-22)24(31)23(35-25)15-18-8-12-21(13-9-18)30(32)33/h4-16H,17H2,1-3H3/b23-15-,27-16+,28-25-. The van der Waals surface area contributed by atoms with E-state index in [4.69, 9.17) is 4.42 Å². The van der Waals surface area contributed by atoms with Gasteiger partial charge in [-0.2, -0.15) is 5.10 Å². The van der Waals surface area contributed by atoms with E-state index in [1.54, 1.807) is 42.8 Å². The van der Waals surface area contributed by atoms with Gasteiger partial charge in [0.1, 0.15) is 5.76 Å². The van der Waals surface area contributed by atoms with Gasteiger partial charge in [0.15, 0.2) is 5.17 Å². The first-order valence-electron chi connectivity index (χ1n) is 10.9. The summed E-state index contributed by atoms with van der Waals surface area (Å²) in [5.74, 6) is 0.373. The quantitative estimate of drug-likeness (QED) is 0.183. The fourth-order valence-corrected chi connectivity index (χ4v) is 4.27. The lowest BCUT2D eigenvalue weighted by Crippen LogP contribution is -2.28. The lowest BCUT2D eigenvalue weighted by Gasteiger charge is -2.18. The first-order valence-corrected chi connectivity index (χ1v) is 11.7. The van der Waals surface area contributed by atoms with Gasteiger partial charge in [0.2, 0.25) is 0 Å². The van der Waals surface area contributed by atoms with Crippen LogP contribution >= 0.6 is 11.8 Å². The van der Waals surface area contributed by atoms with Gasteiger partial charge in [-0.15, -0.1) is 5.10 Å². The Hall–Kier alpha value is -3.98. The molecule has 2 heterocycles. The molecule has 0 N–H and O–H groups in total. The molecule has 8 nitrogen and oxygen atoms in total. The predicted octanol–water partition coefficient (Wildman–Crippen LogP) is 5.99. The van der Waals surface area contributed by atoms with Crippen molar-refractivity contribution in [3.05, 3.63) is 104 Å². The Balaban J connectivity index is 1.58. The van der Waals surface area contributed by atoms with E-state index in [2.05, 4.69) is 43.1 Å². The number of thioether (sulfide) groups is 1. The molecule has 2 aromatic carbocycles. The number of nitro benzene ring substituents is 1. The van der Waals surface area contributed by atoms with E-state index in [-0.39, 0.29) is 23.6 Å². The second-order valence-corrected chi connectivity index (χ2v) is 9.94. The zero-order valence-corrected chi connectivity index (χ0v) is 20.4. The minimum absolute atomic E-state index is 0.0101. The summed E-state index contributed by atoms with van der Waals surface area (Å²) >= 11 is 1.19. The molecule has 0 radical (unpaired) electrons. The molecule has 4 rings (SSSR count). The van der Waals surface area contributed by atoms with Crippen molar-refractivity contribution < 1.29 is 14.1 Å². The van der Waals surface area contributed by atoms with Crippen LogP contribution in [0, 0.1) is 10.1 Å². The molecule has 0 saturated carbocycles. The summed E-state index contributed by atoms with van der Waals surface area (Å²) in [6.45, 7) is 6.69. The second kappa shape index (κ2) is 10.1. The largest absolute Gasteiger partial charge is 0.467 e. The Kier molecular flexibility index (Phi) is 6.97. The zero-order valence-electron chi connectivity index (χ0n) is 19.5. The molecule has 1 amide bonds. The van der Waals surface area contributed by atoms with Gasteiger partial charge in [-0.1, -0.05) is 45.0 Å². The molecule has 1 aliphatic rings. The second-order valence-electron chi connectivity index (χ2n) is 8.93. The maximum absolute atomic E-state index is 13.1. The van der Waals surface area contributed by atoms with E-state index in [1.807, 2.05) is 12.1 Å². The maximum atomic E-state index is 13.1. The van der Waals surface area contributed by atoms with Crippen LogP contribution in [0.1, 0.15) is 43.2 Å². The molecule has 1 aromatic heterocycles. The average Bonchev–Trinajstić information content (AvgIpc) is 3.43. The summed E-state index contributed by atoms with van der Waals surface area (Å²) in [6, 6.07) is 17.7. The summed E-state index contributed by atoms with van der Waals surface area (Å²) in [6.07, 6.45) is 4.88. The van der Waals surface area contributed by atoms with Crippen LogP contribution < -0.4 is 0 Å².